The summed E-state index contributed by atoms with van der Waals surface area (Å²) in [7, 11) is 0. The summed E-state index contributed by atoms with van der Waals surface area (Å²) in [6.07, 6.45) is 0. The predicted octanol–water partition coefficient (Wildman–Crippen LogP) is 3.43. The molecule has 2 aromatic carbocycles. The largest absolute Gasteiger partial charge is 0.487 e. The summed E-state index contributed by atoms with van der Waals surface area (Å²) in [4.78, 5) is 14.7. The average molecular weight is 347 g/mol. The van der Waals surface area contributed by atoms with E-state index in [1.54, 1.807) is 4.68 Å². The molecule has 5 nitrogen and oxygen atoms in total. The van der Waals surface area contributed by atoms with Gasteiger partial charge >= 0.3 is 0 Å². The van der Waals surface area contributed by atoms with Crippen LogP contribution in [0, 0.1) is 6.92 Å². The monoisotopic (exact) mass is 347 g/mol. The lowest BCUT2D eigenvalue weighted by Gasteiger charge is -2.27. The maximum absolute atomic E-state index is 12.8. The molecule has 0 spiro atoms. The summed E-state index contributed by atoms with van der Waals surface area (Å²) in [6.45, 7) is 4.42. The van der Waals surface area contributed by atoms with Crippen LogP contribution in [-0.4, -0.2) is 27.1 Å². The molecule has 0 unspecified atom stereocenters. The summed E-state index contributed by atoms with van der Waals surface area (Å²) in [5.74, 6) is 0.821. The number of carbonyl (C=O) groups excluding carboxylic acids is 1. The Morgan fingerprint density at radius 2 is 1.88 bits per heavy atom. The van der Waals surface area contributed by atoms with Crippen LogP contribution in [0.5, 0.6) is 5.75 Å². The molecule has 5 heteroatoms. The molecule has 0 bridgehead atoms. The number of aromatic nitrogens is 2. The highest BCUT2D eigenvalue weighted by Crippen LogP contribution is 2.18. The summed E-state index contributed by atoms with van der Waals surface area (Å²) in [6, 6.07) is 19.7. The van der Waals surface area contributed by atoms with Crippen molar-refractivity contribution >= 4 is 5.91 Å². The minimum Gasteiger partial charge on any atom is -0.487 e. The van der Waals surface area contributed by atoms with Crippen LogP contribution in [-0.2, 0) is 19.7 Å². The topological polar surface area (TPSA) is 47.4 Å². The fourth-order valence-electron chi connectivity index (χ4n) is 3.22. The van der Waals surface area contributed by atoms with Crippen LogP contribution >= 0.6 is 0 Å². The number of nitrogens with zero attached hydrogens (tertiary/aromatic N) is 3. The van der Waals surface area contributed by atoms with Crippen molar-refractivity contribution in [1.29, 1.82) is 0 Å². The maximum Gasteiger partial charge on any atom is 0.272 e. The number of carbonyl (C=O) groups is 1. The zero-order valence-electron chi connectivity index (χ0n) is 14.8. The summed E-state index contributed by atoms with van der Waals surface area (Å²) in [5.41, 5.74) is 3.77. The van der Waals surface area contributed by atoms with E-state index in [0.29, 0.717) is 31.9 Å². The Kier molecular flexibility index (Phi) is 4.44. The number of amides is 1. The smallest absolute Gasteiger partial charge is 0.272 e. The third-order valence-electron chi connectivity index (χ3n) is 4.50. The number of rotatable bonds is 5. The van der Waals surface area contributed by atoms with E-state index >= 15 is 0 Å². The third-order valence-corrected chi connectivity index (χ3v) is 4.50. The van der Waals surface area contributed by atoms with E-state index in [9.17, 15) is 4.79 Å². The minimum atomic E-state index is 0.0243. The highest BCUT2D eigenvalue weighted by molar-refractivity contribution is 5.93. The molecule has 0 aliphatic carbocycles. The molecule has 1 amide bonds. The lowest BCUT2D eigenvalue weighted by Crippen LogP contribution is -2.39. The van der Waals surface area contributed by atoms with Crippen molar-refractivity contribution in [1.82, 2.24) is 14.7 Å². The number of para-hydroxylation sites is 1. The number of ether oxygens (including phenoxy) is 1. The van der Waals surface area contributed by atoms with Crippen molar-refractivity contribution in [3.63, 3.8) is 0 Å². The van der Waals surface area contributed by atoms with Gasteiger partial charge in [0.1, 0.15) is 23.7 Å². The molecule has 0 saturated heterocycles. The second-order valence-electron chi connectivity index (χ2n) is 6.56. The number of hydrogen-bond donors (Lipinski definition) is 0. The van der Waals surface area contributed by atoms with Crippen molar-refractivity contribution in [2.24, 2.45) is 0 Å². The van der Waals surface area contributed by atoms with Crippen LogP contribution in [0.15, 0.2) is 60.7 Å². The Bertz CT molecular complexity index is 918. The average Bonchev–Trinajstić information content (AvgIpc) is 3.07. The molecular formula is C21H21N3O2. The highest BCUT2D eigenvalue weighted by atomic mass is 16.5. The van der Waals surface area contributed by atoms with E-state index in [1.165, 1.54) is 5.56 Å². The van der Waals surface area contributed by atoms with Crippen LogP contribution in [0.2, 0.25) is 0 Å². The van der Waals surface area contributed by atoms with Crippen LogP contribution < -0.4 is 4.74 Å². The first-order valence-electron chi connectivity index (χ1n) is 8.78. The Hall–Kier alpha value is -3.08. The second kappa shape index (κ2) is 7.04. The van der Waals surface area contributed by atoms with Crippen molar-refractivity contribution in [2.75, 3.05) is 6.54 Å². The molecule has 0 fully saturated rings. The molecule has 26 heavy (non-hydrogen) atoms. The van der Waals surface area contributed by atoms with Gasteiger partial charge in [-0.3, -0.25) is 9.48 Å². The normalized spacial score (nSPS) is 13.6. The Morgan fingerprint density at radius 3 is 2.69 bits per heavy atom. The summed E-state index contributed by atoms with van der Waals surface area (Å²) >= 11 is 0. The van der Waals surface area contributed by atoms with Crippen molar-refractivity contribution in [3.05, 3.63) is 83.2 Å². The first-order chi connectivity index (χ1) is 12.7. The number of benzene rings is 2. The van der Waals surface area contributed by atoms with Gasteiger partial charge in [-0.15, -0.1) is 0 Å². The van der Waals surface area contributed by atoms with Crippen LogP contribution in [0.25, 0.3) is 0 Å². The molecule has 0 N–H and O–H groups in total. The fraction of sp³-hybridized carbons (Fsp3) is 0.238. The minimum absolute atomic E-state index is 0.0243. The standard InChI is InChI=1S/C21H21N3O2/c1-16-6-5-7-17(12-16)14-23-10-11-24-20(21(23)25)13-18(22-24)15-26-19-8-3-2-4-9-19/h2-9,12-13H,10-11,14-15H2,1H3. The summed E-state index contributed by atoms with van der Waals surface area (Å²) in [5, 5.41) is 4.52. The van der Waals surface area contributed by atoms with Gasteiger partial charge in [0.25, 0.3) is 5.91 Å². The van der Waals surface area contributed by atoms with Gasteiger partial charge in [-0.05, 0) is 30.7 Å². The SMILES string of the molecule is Cc1cccc(CN2CCn3nc(COc4ccccc4)cc3C2=O)c1. The molecule has 132 valence electrons. The van der Waals surface area contributed by atoms with Crippen LogP contribution in [0.1, 0.15) is 27.3 Å². The molecule has 0 radical (unpaired) electrons. The molecule has 1 aliphatic heterocycles. The summed E-state index contributed by atoms with van der Waals surface area (Å²) < 4.78 is 7.53. The molecule has 3 aromatic rings. The van der Waals surface area contributed by atoms with Gasteiger partial charge < -0.3 is 9.64 Å². The zero-order valence-corrected chi connectivity index (χ0v) is 14.8. The molecule has 4 rings (SSSR count). The van der Waals surface area contributed by atoms with Crippen molar-refractivity contribution in [3.8, 4) is 5.75 Å². The van der Waals surface area contributed by atoms with E-state index in [0.717, 1.165) is 17.0 Å². The van der Waals surface area contributed by atoms with Crippen molar-refractivity contribution in [2.45, 2.75) is 26.6 Å². The maximum atomic E-state index is 12.8. The first kappa shape index (κ1) is 16.4. The Morgan fingerprint density at radius 1 is 1.04 bits per heavy atom. The third kappa shape index (κ3) is 3.47. The Balaban J connectivity index is 1.45. The quantitative estimate of drug-likeness (QED) is 0.710. The van der Waals surface area contributed by atoms with Gasteiger partial charge in [-0.25, -0.2) is 0 Å². The van der Waals surface area contributed by atoms with Gasteiger partial charge in [-0.2, -0.15) is 5.10 Å². The van der Waals surface area contributed by atoms with Gasteiger partial charge in [0.05, 0.1) is 6.54 Å². The molecule has 0 saturated carbocycles. The molecule has 1 aromatic heterocycles. The molecule has 0 atom stereocenters. The first-order valence-corrected chi connectivity index (χ1v) is 8.78. The number of fused-ring (bicyclic) bond motifs is 1. The van der Waals surface area contributed by atoms with E-state index in [4.69, 9.17) is 4.74 Å². The zero-order chi connectivity index (χ0) is 17.9. The van der Waals surface area contributed by atoms with Crippen molar-refractivity contribution < 1.29 is 9.53 Å². The number of aryl methyl sites for hydroxylation is 1. The van der Waals surface area contributed by atoms with Gasteiger partial charge in [0, 0.05) is 13.1 Å². The van der Waals surface area contributed by atoms with Crippen LogP contribution in [0.3, 0.4) is 0 Å². The number of hydrogen-bond acceptors (Lipinski definition) is 3. The molecule has 1 aliphatic rings. The predicted molar refractivity (Wildman–Crippen MR) is 98.9 cm³/mol. The second-order valence-corrected chi connectivity index (χ2v) is 6.56. The molecular weight excluding hydrogens is 326 g/mol. The lowest BCUT2D eigenvalue weighted by molar-refractivity contribution is 0.0683. The Labute approximate surface area is 152 Å². The van der Waals surface area contributed by atoms with Gasteiger partial charge in [0.15, 0.2) is 0 Å². The van der Waals surface area contributed by atoms with Gasteiger partial charge in [-0.1, -0.05) is 48.0 Å². The lowest BCUT2D eigenvalue weighted by atomic mass is 10.1. The van der Waals surface area contributed by atoms with E-state index in [-0.39, 0.29) is 5.91 Å². The van der Waals surface area contributed by atoms with E-state index in [2.05, 4.69) is 30.2 Å². The van der Waals surface area contributed by atoms with E-state index in [1.807, 2.05) is 47.4 Å². The highest BCUT2D eigenvalue weighted by Gasteiger charge is 2.26. The molecule has 2 heterocycles. The van der Waals surface area contributed by atoms with E-state index < -0.39 is 0 Å². The fourth-order valence-corrected chi connectivity index (χ4v) is 3.22. The van der Waals surface area contributed by atoms with Gasteiger partial charge in [0.2, 0.25) is 0 Å². The van der Waals surface area contributed by atoms with Crippen LogP contribution in [0.4, 0.5) is 0 Å².